The molecule has 0 fully saturated rings. The van der Waals surface area contributed by atoms with Gasteiger partial charge in [-0.05, 0) is 0 Å². The third-order valence-corrected chi connectivity index (χ3v) is 2.44. The second-order valence-electron chi connectivity index (χ2n) is 2.45. The molecule has 0 aliphatic rings. The lowest BCUT2D eigenvalue weighted by Gasteiger charge is -1.99. The predicted octanol–water partition coefficient (Wildman–Crippen LogP) is 0.515. The minimum atomic E-state index is -0.446. The van der Waals surface area contributed by atoms with Crippen molar-refractivity contribution in [3.05, 3.63) is 11.1 Å². The summed E-state index contributed by atoms with van der Waals surface area (Å²) in [6.07, 6.45) is 1.39. The van der Waals surface area contributed by atoms with Gasteiger partial charge in [0.1, 0.15) is 11.4 Å². The summed E-state index contributed by atoms with van der Waals surface area (Å²) in [5.41, 5.74) is 0. The molecule has 1 aromatic rings. The number of hydrogen-bond donors (Lipinski definition) is 1. The fourth-order valence-corrected chi connectivity index (χ4v) is 1.50. The van der Waals surface area contributed by atoms with Gasteiger partial charge in [0.15, 0.2) is 5.13 Å². The molecule has 0 aromatic carbocycles. The van der Waals surface area contributed by atoms with Crippen LogP contribution in [0.25, 0.3) is 0 Å². The summed E-state index contributed by atoms with van der Waals surface area (Å²) < 4.78 is 8.94. The van der Waals surface area contributed by atoms with Crippen LogP contribution >= 0.6 is 11.3 Å². The first-order valence-electron chi connectivity index (χ1n) is 4.02. The van der Waals surface area contributed by atoms with E-state index >= 15 is 0 Å². The summed E-state index contributed by atoms with van der Waals surface area (Å²) in [5.74, 6) is -0.844. The van der Waals surface area contributed by atoms with Crippen LogP contribution in [0.3, 0.4) is 0 Å². The van der Waals surface area contributed by atoms with E-state index in [1.54, 1.807) is 0 Å². The largest absolute Gasteiger partial charge is 0.468 e. The summed E-state index contributed by atoms with van der Waals surface area (Å²) in [6, 6.07) is 0. The number of aromatic nitrogens is 1. The van der Waals surface area contributed by atoms with Crippen molar-refractivity contribution >= 4 is 28.4 Å². The van der Waals surface area contributed by atoms with Gasteiger partial charge in [0.2, 0.25) is 0 Å². The van der Waals surface area contributed by atoms with E-state index in [4.69, 9.17) is 0 Å². The van der Waals surface area contributed by atoms with Crippen LogP contribution in [0.5, 0.6) is 0 Å². The van der Waals surface area contributed by atoms with E-state index in [0.29, 0.717) is 10.0 Å². The molecule has 7 heteroatoms. The molecule has 0 saturated heterocycles. The highest BCUT2D eigenvalue weighted by molar-refractivity contribution is 7.17. The Labute approximate surface area is 90.2 Å². The quantitative estimate of drug-likeness (QED) is 0.759. The molecule has 1 rings (SSSR count). The predicted molar refractivity (Wildman–Crippen MR) is 54.0 cm³/mol. The Bertz CT molecular complexity index is 363. The molecular weight excluding hydrogens is 220 g/mol. The van der Waals surface area contributed by atoms with Crippen LogP contribution in [-0.2, 0) is 14.3 Å². The lowest BCUT2D eigenvalue weighted by Crippen LogP contribution is -2.14. The molecule has 0 aliphatic carbocycles. The van der Waals surface area contributed by atoms with Crippen molar-refractivity contribution in [3.8, 4) is 0 Å². The summed E-state index contributed by atoms with van der Waals surface area (Å²) in [6.45, 7) is 0.0185. The van der Waals surface area contributed by atoms with Crippen molar-refractivity contribution in [2.45, 2.75) is 0 Å². The molecule has 0 aliphatic heterocycles. The number of hydrogen-bond acceptors (Lipinski definition) is 7. The molecule has 0 bridgehead atoms. The number of carbonyl (C=O) groups excluding carboxylic acids is 2. The maximum Gasteiger partial charge on any atom is 0.349 e. The second-order valence-corrected chi connectivity index (χ2v) is 3.48. The monoisotopic (exact) mass is 230 g/mol. The average molecular weight is 230 g/mol. The van der Waals surface area contributed by atoms with Crippen molar-refractivity contribution in [1.29, 1.82) is 0 Å². The van der Waals surface area contributed by atoms with Crippen LogP contribution in [0.15, 0.2) is 6.20 Å². The fraction of sp³-hybridized carbons (Fsp3) is 0.375. The zero-order valence-electron chi connectivity index (χ0n) is 8.27. The molecule has 0 radical (unpaired) electrons. The first-order chi connectivity index (χ1) is 7.17. The minimum absolute atomic E-state index is 0.0185. The second kappa shape index (κ2) is 5.30. The van der Waals surface area contributed by atoms with Gasteiger partial charge in [-0.25, -0.2) is 9.78 Å². The number of nitrogens with zero attached hydrogens (tertiary/aromatic N) is 1. The number of rotatable bonds is 4. The molecule has 1 N–H and O–H groups in total. The van der Waals surface area contributed by atoms with Crippen LogP contribution in [0, 0.1) is 0 Å². The number of ether oxygens (including phenoxy) is 2. The maximum absolute atomic E-state index is 11.0. The van der Waals surface area contributed by atoms with E-state index in [-0.39, 0.29) is 6.54 Å². The highest BCUT2D eigenvalue weighted by atomic mass is 32.1. The standard InChI is InChI=1S/C8H10N2O4S/c1-13-6(11)4-10-8-9-3-5(15-8)7(12)14-2/h3H,4H2,1-2H3,(H,9,10). The normalized spacial score (nSPS) is 9.47. The van der Waals surface area contributed by atoms with Gasteiger partial charge < -0.3 is 14.8 Å². The van der Waals surface area contributed by atoms with E-state index in [9.17, 15) is 9.59 Å². The molecule has 0 saturated carbocycles. The van der Waals surface area contributed by atoms with Crippen molar-refractivity contribution in [1.82, 2.24) is 4.98 Å². The Morgan fingerprint density at radius 1 is 1.47 bits per heavy atom. The number of nitrogens with one attached hydrogen (secondary N) is 1. The smallest absolute Gasteiger partial charge is 0.349 e. The number of carbonyl (C=O) groups is 2. The Kier molecular flexibility index (Phi) is 4.04. The van der Waals surface area contributed by atoms with Gasteiger partial charge in [-0.2, -0.15) is 0 Å². The lowest BCUT2D eigenvalue weighted by atomic mass is 10.6. The maximum atomic E-state index is 11.0. The third-order valence-electron chi connectivity index (χ3n) is 1.50. The Hall–Kier alpha value is -1.63. The SMILES string of the molecule is COC(=O)CNc1ncc(C(=O)OC)s1. The number of esters is 2. The molecule has 0 amide bonds. The Balaban J connectivity index is 2.53. The molecule has 0 atom stereocenters. The van der Waals surface area contributed by atoms with Gasteiger partial charge in [-0.1, -0.05) is 11.3 Å². The molecule has 1 aromatic heterocycles. The van der Waals surface area contributed by atoms with Gasteiger partial charge in [0.05, 0.1) is 20.4 Å². The highest BCUT2D eigenvalue weighted by Gasteiger charge is 2.10. The van der Waals surface area contributed by atoms with E-state index in [0.717, 1.165) is 11.3 Å². The molecule has 0 spiro atoms. The minimum Gasteiger partial charge on any atom is -0.468 e. The summed E-state index contributed by atoms with van der Waals surface area (Å²) in [7, 11) is 2.59. The molecule has 1 heterocycles. The zero-order chi connectivity index (χ0) is 11.3. The van der Waals surface area contributed by atoms with Crippen LogP contribution < -0.4 is 5.32 Å². The van der Waals surface area contributed by atoms with Crippen LogP contribution in [0.4, 0.5) is 5.13 Å². The summed E-state index contributed by atoms with van der Waals surface area (Å²) >= 11 is 1.11. The first-order valence-corrected chi connectivity index (χ1v) is 4.84. The summed E-state index contributed by atoms with van der Waals surface area (Å²) in [4.78, 5) is 26.1. The van der Waals surface area contributed by atoms with Gasteiger partial charge in [-0.3, -0.25) is 4.79 Å². The number of thiazole rings is 1. The van der Waals surface area contributed by atoms with E-state index in [1.165, 1.54) is 20.4 Å². The Morgan fingerprint density at radius 3 is 2.80 bits per heavy atom. The van der Waals surface area contributed by atoms with Gasteiger partial charge in [0.25, 0.3) is 0 Å². The van der Waals surface area contributed by atoms with Crippen molar-refractivity contribution in [3.63, 3.8) is 0 Å². The third kappa shape index (κ3) is 3.21. The van der Waals surface area contributed by atoms with Gasteiger partial charge in [0, 0.05) is 0 Å². The highest BCUT2D eigenvalue weighted by Crippen LogP contribution is 2.18. The van der Waals surface area contributed by atoms with Crippen LogP contribution in [0.1, 0.15) is 9.67 Å². The lowest BCUT2D eigenvalue weighted by molar-refractivity contribution is -0.138. The number of anilines is 1. The first kappa shape index (κ1) is 11.4. The van der Waals surface area contributed by atoms with E-state index < -0.39 is 11.9 Å². The van der Waals surface area contributed by atoms with Crippen LogP contribution in [-0.4, -0.2) is 37.7 Å². The molecule has 82 valence electrons. The molecule has 15 heavy (non-hydrogen) atoms. The van der Waals surface area contributed by atoms with Gasteiger partial charge >= 0.3 is 11.9 Å². The van der Waals surface area contributed by atoms with Crippen LogP contribution in [0.2, 0.25) is 0 Å². The zero-order valence-corrected chi connectivity index (χ0v) is 9.09. The Morgan fingerprint density at radius 2 is 2.20 bits per heavy atom. The summed E-state index contributed by atoms with van der Waals surface area (Å²) in [5, 5.41) is 3.19. The van der Waals surface area contributed by atoms with E-state index in [1.807, 2.05) is 0 Å². The number of methoxy groups -OCH3 is 2. The van der Waals surface area contributed by atoms with Crippen molar-refractivity contribution < 1.29 is 19.1 Å². The topological polar surface area (TPSA) is 77.5 Å². The fourth-order valence-electron chi connectivity index (χ4n) is 0.771. The van der Waals surface area contributed by atoms with Crippen molar-refractivity contribution in [2.24, 2.45) is 0 Å². The molecule has 0 unspecified atom stereocenters. The molecule has 6 nitrogen and oxygen atoms in total. The average Bonchev–Trinajstić information content (AvgIpc) is 2.73. The van der Waals surface area contributed by atoms with E-state index in [2.05, 4.69) is 19.8 Å². The van der Waals surface area contributed by atoms with Gasteiger partial charge in [-0.15, -0.1) is 0 Å². The molecular formula is C8H10N2O4S. The van der Waals surface area contributed by atoms with Crippen molar-refractivity contribution in [2.75, 3.05) is 26.1 Å².